The van der Waals surface area contributed by atoms with Crippen LogP contribution in [0.5, 0.6) is 5.75 Å². The number of benzene rings is 1. The van der Waals surface area contributed by atoms with Gasteiger partial charge in [-0.05, 0) is 38.0 Å². The Morgan fingerprint density at radius 3 is 3.03 bits per heavy atom. The van der Waals surface area contributed by atoms with Gasteiger partial charge in [0.05, 0.1) is 42.8 Å². The molecule has 1 aromatic carbocycles. The lowest BCUT2D eigenvalue weighted by Crippen LogP contribution is -2.16. The molecule has 0 spiro atoms. The maximum Gasteiger partial charge on any atom is 0.208 e. The predicted molar refractivity (Wildman–Crippen MR) is 125 cm³/mol. The second-order valence-electron chi connectivity index (χ2n) is 8.95. The first-order valence-electron chi connectivity index (χ1n) is 11.7. The van der Waals surface area contributed by atoms with Crippen LogP contribution in [0.1, 0.15) is 36.6 Å². The van der Waals surface area contributed by atoms with Gasteiger partial charge in [0.1, 0.15) is 17.6 Å². The molecule has 2 atom stereocenters. The number of aromatic nitrogens is 5. The number of hydrogen-bond acceptors (Lipinski definition) is 7. The molecule has 0 radical (unpaired) electrons. The Hall–Kier alpha value is -3.97. The molecule has 2 aliphatic rings. The zero-order chi connectivity index (χ0) is 23.9. The summed E-state index contributed by atoms with van der Waals surface area (Å²) in [6.45, 7) is 3.55. The van der Waals surface area contributed by atoms with E-state index in [9.17, 15) is 9.65 Å². The van der Waals surface area contributed by atoms with Gasteiger partial charge in [-0.1, -0.05) is 0 Å². The molecule has 5 heterocycles. The van der Waals surface area contributed by atoms with Gasteiger partial charge in [-0.2, -0.15) is 10.4 Å². The Bertz CT molecular complexity index is 1450. The number of halogens is 1. The van der Waals surface area contributed by atoms with Gasteiger partial charge in [0.2, 0.25) is 5.95 Å². The number of nitriles is 1. The van der Waals surface area contributed by atoms with Gasteiger partial charge in [0, 0.05) is 36.5 Å². The van der Waals surface area contributed by atoms with Crippen LogP contribution in [0.25, 0.3) is 16.9 Å². The summed E-state index contributed by atoms with van der Waals surface area (Å²) in [5, 5.41) is 17.4. The topological polar surface area (TPSA) is 102 Å². The number of imidazole rings is 1. The van der Waals surface area contributed by atoms with Gasteiger partial charge in [0.15, 0.2) is 11.3 Å². The molecule has 9 nitrogen and oxygen atoms in total. The summed E-state index contributed by atoms with van der Waals surface area (Å²) < 4.78 is 29.6. The lowest BCUT2D eigenvalue weighted by molar-refractivity contribution is 0.0437. The molecule has 4 aromatic rings. The van der Waals surface area contributed by atoms with Crippen LogP contribution in [0.3, 0.4) is 0 Å². The van der Waals surface area contributed by atoms with Gasteiger partial charge in [0.25, 0.3) is 0 Å². The maximum atomic E-state index is 14.6. The van der Waals surface area contributed by atoms with Gasteiger partial charge in [-0.3, -0.25) is 9.08 Å². The lowest BCUT2D eigenvalue weighted by Gasteiger charge is -2.12. The molecule has 10 heteroatoms. The molecule has 0 bridgehead atoms. The zero-order valence-electron chi connectivity index (χ0n) is 19.2. The molecule has 3 aromatic heterocycles. The molecule has 6 rings (SSSR count). The van der Waals surface area contributed by atoms with Crippen LogP contribution in [-0.4, -0.2) is 43.0 Å². The van der Waals surface area contributed by atoms with Crippen LogP contribution < -0.4 is 10.1 Å². The molecule has 1 fully saturated rings. The van der Waals surface area contributed by atoms with E-state index < -0.39 is 0 Å². The van der Waals surface area contributed by atoms with Gasteiger partial charge in [-0.15, -0.1) is 0 Å². The molecular weight excluding hydrogens is 449 g/mol. The van der Waals surface area contributed by atoms with E-state index in [2.05, 4.69) is 28.3 Å². The summed E-state index contributed by atoms with van der Waals surface area (Å²) in [5.41, 5.74) is 3.66. The number of anilines is 1. The fourth-order valence-corrected chi connectivity index (χ4v) is 4.85. The van der Waals surface area contributed by atoms with E-state index in [1.54, 1.807) is 22.9 Å². The van der Waals surface area contributed by atoms with Crippen LogP contribution in [0.4, 0.5) is 10.3 Å². The largest absolute Gasteiger partial charge is 0.493 e. The van der Waals surface area contributed by atoms with Crippen LogP contribution in [-0.2, 0) is 24.2 Å². The van der Waals surface area contributed by atoms with Crippen LogP contribution in [0.15, 0.2) is 36.8 Å². The highest BCUT2D eigenvalue weighted by molar-refractivity contribution is 5.76. The fourth-order valence-electron chi connectivity index (χ4n) is 4.85. The molecule has 35 heavy (non-hydrogen) atoms. The van der Waals surface area contributed by atoms with E-state index in [0.717, 1.165) is 24.2 Å². The second kappa shape index (κ2) is 8.67. The first-order valence-corrected chi connectivity index (χ1v) is 11.7. The van der Waals surface area contributed by atoms with Crippen molar-refractivity contribution >= 4 is 11.6 Å². The second-order valence-corrected chi connectivity index (χ2v) is 8.95. The van der Waals surface area contributed by atoms with E-state index in [-0.39, 0.29) is 30.3 Å². The van der Waals surface area contributed by atoms with Crippen molar-refractivity contribution in [3.63, 3.8) is 0 Å². The average Bonchev–Trinajstić information content (AvgIpc) is 3.65. The average molecular weight is 474 g/mol. The van der Waals surface area contributed by atoms with Crippen molar-refractivity contribution in [3.05, 3.63) is 59.4 Å². The van der Waals surface area contributed by atoms with E-state index >= 15 is 0 Å². The zero-order valence-corrected chi connectivity index (χ0v) is 19.2. The van der Waals surface area contributed by atoms with Gasteiger partial charge >= 0.3 is 0 Å². The Labute approximate surface area is 201 Å². The molecular formula is C25H24FN7O2. The smallest absolute Gasteiger partial charge is 0.208 e. The van der Waals surface area contributed by atoms with Crippen LogP contribution >= 0.6 is 0 Å². The van der Waals surface area contributed by atoms with Crippen molar-refractivity contribution in [2.24, 2.45) is 0 Å². The number of rotatable bonds is 6. The third-order valence-corrected chi connectivity index (χ3v) is 6.60. The summed E-state index contributed by atoms with van der Waals surface area (Å²) in [5.74, 6) is 0.893. The van der Waals surface area contributed by atoms with Crippen molar-refractivity contribution in [1.82, 2.24) is 24.1 Å². The monoisotopic (exact) mass is 473 g/mol. The predicted octanol–water partition coefficient (Wildman–Crippen LogP) is 3.72. The standard InChI is InChI=1S/C25H24FN7O2/c1-15-2-3-17(35-15)14-32-8-6-22(31-32)20-12-29-25(33-13-16(10-27)30-24(20)33)28-11-19-18-7-9-34-23(18)5-4-21(19)26/h4-6,8,12-13,15,17H,2-3,7,9,11,14H2,1H3,(H,28,29). The quantitative estimate of drug-likeness (QED) is 0.455. The molecule has 2 aliphatic heterocycles. The molecule has 2 unspecified atom stereocenters. The van der Waals surface area contributed by atoms with E-state index in [4.69, 9.17) is 14.6 Å². The summed E-state index contributed by atoms with van der Waals surface area (Å²) in [6.07, 6.45) is 8.41. The summed E-state index contributed by atoms with van der Waals surface area (Å²) in [4.78, 5) is 9.04. The number of hydrogen-bond donors (Lipinski definition) is 1. The molecule has 1 saturated heterocycles. The summed E-state index contributed by atoms with van der Waals surface area (Å²) >= 11 is 0. The minimum absolute atomic E-state index is 0.157. The van der Waals surface area contributed by atoms with Gasteiger partial charge < -0.3 is 14.8 Å². The minimum atomic E-state index is -0.288. The number of ether oxygens (including phenoxy) is 2. The molecule has 178 valence electrons. The number of nitrogens with one attached hydrogen (secondary N) is 1. The Morgan fingerprint density at radius 2 is 2.20 bits per heavy atom. The normalized spacial score (nSPS) is 19.0. The van der Waals surface area contributed by atoms with Crippen molar-refractivity contribution in [2.45, 2.75) is 51.5 Å². The van der Waals surface area contributed by atoms with E-state index in [1.807, 2.05) is 16.9 Å². The molecule has 0 aliphatic carbocycles. The molecule has 1 N–H and O–H groups in total. The molecule has 0 amide bonds. The highest BCUT2D eigenvalue weighted by atomic mass is 19.1. The first kappa shape index (κ1) is 21.6. The highest BCUT2D eigenvalue weighted by Gasteiger charge is 2.23. The maximum absolute atomic E-state index is 14.6. The Morgan fingerprint density at radius 1 is 1.29 bits per heavy atom. The fraction of sp³-hybridized carbons (Fsp3) is 0.360. The van der Waals surface area contributed by atoms with Crippen molar-refractivity contribution in [2.75, 3.05) is 11.9 Å². The van der Waals surface area contributed by atoms with E-state index in [0.29, 0.717) is 48.0 Å². The Balaban J connectivity index is 1.29. The van der Waals surface area contributed by atoms with Crippen molar-refractivity contribution < 1.29 is 13.9 Å². The van der Waals surface area contributed by atoms with Gasteiger partial charge in [-0.25, -0.2) is 14.4 Å². The van der Waals surface area contributed by atoms with Crippen LogP contribution in [0.2, 0.25) is 0 Å². The lowest BCUT2D eigenvalue weighted by atomic mass is 10.0. The Kier molecular flexibility index (Phi) is 5.34. The third kappa shape index (κ3) is 3.98. The van der Waals surface area contributed by atoms with E-state index in [1.165, 1.54) is 6.07 Å². The van der Waals surface area contributed by atoms with Crippen LogP contribution in [0, 0.1) is 17.1 Å². The number of nitrogens with zero attached hydrogens (tertiary/aromatic N) is 6. The third-order valence-electron chi connectivity index (χ3n) is 6.60. The summed E-state index contributed by atoms with van der Waals surface area (Å²) in [7, 11) is 0. The van der Waals surface area contributed by atoms with Crippen molar-refractivity contribution in [3.8, 4) is 23.1 Å². The SMILES string of the molecule is CC1CCC(Cn2ccc(-c3cnc(NCc4c(F)ccc5c4CCO5)n4cc(C#N)nc34)n2)O1. The first-order chi connectivity index (χ1) is 17.1. The van der Waals surface area contributed by atoms with Crippen molar-refractivity contribution in [1.29, 1.82) is 5.26 Å². The molecule has 0 saturated carbocycles. The number of fused-ring (bicyclic) bond motifs is 2. The minimum Gasteiger partial charge on any atom is -0.493 e. The highest BCUT2D eigenvalue weighted by Crippen LogP contribution is 2.31. The summed E-state index contributed by atoms with van der Waals surface area (Å²) in [6, 6.07) is 7.09.